The quantitative estimate of drug-likeness (QED) is 0.294. The zero-order valence-electron chi connectivity index (χ0n) is 14.1. The number of halogens is 1. The number of rotatable bonds is 5. The average Bonchev–Trinajstić information content (AvgIpc) is 3.05. The number of thiophene rings is 1. The van der Waals surface area contributed by atoms with Crippen LogP contribution in [0.15, 0.2) is 50.9 Å². The predicted molar refractivity (Wildman–Crippen MR) is 104 cm³/mol. The number of carbonyl (C=O) groups excluding carboxylic acids is 1. The summed E-state index contributed by atoms with van der Waals surface area (Å²) in [4.78, 5) is 32.1. The molecule has 3 rings (SSSR count). The molecule has 27 heavy (non-hydrogen) atoms. The van der Waals surface area contributed by atoms with Crippen molar-refractivity contribution in [3.8, 4) is 17.2 Å². The topological polar surface area (TPSA) is 113 Å². The third kappa shape index (κ3) is 3.92. The van der Waals surface area contributed by atoms with Gasteiger partial charge in [-0.2, -0.15) is 5.26 Å². The summed E-state index contributed by atoms with van der Waals surface area (Å²) < 4.78 is 13.1. The van der Waals surface area contributed by atoms with Gasteiger partial charge >= 0.3 is 0 Å². The van der Waals surface area contributed by atoms with Gasteiger partial charge in [-0.05, 0) is 24.6 Å². The average molecular weight is 400 g/mol. The molecule has 0 spiro atoms. The molecule has 136 valence electrons. The molecule has 1 aromatic carbocycles. The molecule has 0 aliphatic rings. The number of H-pyrrole nitrogens is 1. The fourth-order valence-corrected chi connectivity index (χ4v) is 4.15. The Morgan fingerprint density at radius 3 is 2.74 bits per heavy atom. The molecule has 0 amide bonds. The first-order valence-electron chi connectivity index (χ1n) is 7.70. The number of allylic oxidation sites excluding steroid dienone is 2. The molecule has 0 aliphatic carbocycles. The maximum absolute atomic E-state index is 13.1. The van der Waals surface area contributed by atoms with Crippen molar-refractivity contribution in [1.29, 1.82) is 5.26 Å². The lowest BCUT2D eigenvalue weighted by atomic mass is 10.1. The molecule has 3 N–H and O–H groups in total. The minimum Gasteiger partial charge on any atom is -0.401 e. The predicted octanol–water partition coefficient (Wildman–Crippen LogP) is 3.21. The summed E-state index contributed by atoms with van der Waals surface area (Å²) in [5.74, 6) is -0.849. The molecule has 0 fully saturated rings. The summed E-state index contributed by atoms with van der Waals surface area (Å²) in [6.07, 6.45) is 0. The van der Waals surface area contributed by atoms with Crippen LogP contribution in [-0.4, -0.2) is 21.5 Å². The maximum atomic E-state index is 13.1. The number of nitrogens with two attached hydrogens (primary N) is 1. The second kappa shape index (κ2) is 7.73. The lowest BCUT2D eigenvalue weighted by molar-refractivity contribution is -0.112. The van der Waals surface area contributed by atoms with E-state index in [0.29, 0.717) is 21.3 Å². The first kappa shape index (κ1) is 18.8. The highest BCUT2D eigenvalue weighted by Crippen LogP contribution is 2.31. The Balaban J connectivity index is 1.90. The number of nitriles is 1. The monoisotopic (exact) mass is 400 g/mol. The van der Waals surface area contributed by atoms with E-state index in [0.717, 1.165) is 11.8 Å². The van der Waals surface area contributed by atoms with E-state index in [2.05, 4.69) is 9.97 Å². The minimum absolute atomic E-state index is 0.0674. The molecule has 3 aromatic rings. The molecule has 9 heteroatoms. The third-order valence-electron chi connectivity index (χ3n) is 3.70. The van der Waals surface area contributed by atoms with Gasteiger partial charge in [-0.1, -0.05) is 23.9 Å². The van der Waals surface area contributed by atoms with Crippen molar-refractivity contribution in [1.82, 2.24) is 9.97 Å². The van der Waals surface area contributed by atoms with Gasteiger partial charge in [0.2, 0.25) is 0 Å². The van der Waals surface area contributed by atoms with Crippen molar-refractivity contribution in [2.75, 3.05) is 5.75 Å². The standard InChI is InChI=1S/C18H13FN4O2S2/c1-9(21)12(6-20)14(24)8-27-18-22-16(25)15-13(7-26-17(15)23-18)10-2-4-11(19)5-3-10/h2-5,7H,8,21H2,1H3,(H,22,23,25)/b12-9+. The minimum atomic E-state index is -0.427. The number of ketones is 1. The molecule has 0 saturated heterocycles. The Hall–Kier alpha value is -2.96. The third-order valence-corrected chi connectivity index (χ3v) is 5.45. The highest BCUT2D eigenvalue weighted by molar-refractivity contribution is 7.99. The summed E-state index contributed by atoms with van der Waals surface area (Å²) >= 11 is 2.31. The van der Waals surface area contributed by atoms with Gasteiger partial charge in [0, 0.05) is 16.6 Å². The number of nitrogens with zero attached hydrogens (tertiary/aromatic N) is 2. The van der Waals surface area contributed by atoms with E-state index in [1.807, 2.05) is 0 Å². The van der Waals surface area contributed by atoms with Crippen LogP contribution in [0.5, 0.6) is 0 Å². The van der Waals surface area contributed by atoms with E-state index < -0.39 is 5.78 Å². The van der Waals surface area contributed by atoms with Gasteiger partial charge in [-0.25, -0.2) is 9.37 Å². The number of thioether (sulfide) groups is 1. The zero-order chi connectivity index (χ0) is 19.6. The van der Waals surface area contributed by atoms with E-state index in [1.165, 1.54) is 30.4 Å². The van der Waals surface area contributed by atoms with Gasteiger partial charge < -0.3 is 10.7 Å². The normalized spacial score (nSPS) is 11.9. The maximum Gasteiger partial charge on any atom is 0.260 e. The summed E-state index contributed by atoms with van der Waals surface area (Å²) in [5.41, 5.74) is 6.61. The summed E-state index contributed by atoms with van der Waals surface area (Å²) in [7, 11) is 0. The Labute approximate surface area is 161 Å². The van der Waals surface area contributed by atoms with E-state index in [9.17, 15) is 14.0 Å². The highest BCUT2D eigenvalue weighted by atomic mass is 32.2. The van der Waals surface area contributed by atoms with Crippen LogP contribution in [0.2, 0.25) is 0 Å². The largest absolute Gasteiger partial charge is 0.401 e. The molecular formula is C18H13FN4O2S2. The number of benzene rings is 1. The van der Waals surface area contributed by atoms with E-state index in [-0.39, 0.29) is 33.6 Å². The zero-order valence-corrected chi connectivity index (χ0v) is 15.7. The Morgan fingerprint density at radius 1 is 1.41 bits per heavy atom. The van der Waals surface area contributed by atoms with Crippen molar-refractivity contribution in [3.63, 3.8) is 0 Å². The van der Waals surface area contributed by atoms with Crippen LogP contribution in [0.1, 0.15) is 6.92 Å². The van der Waals surface area contributed by atoms with Crippen molar-refractivity contribution in [3.05, 3.63) is 57.1 Å². The SMILES string of the molecule is C/C(N)=C(/C#N)C(=O)CSc1nc2scc(-c3ccc(F)cc3)c2c(=O)[nH]1. The molecule has 0 atom stereocenters. The van der Waals surface area contributed by atoms with Crippen molar-refractivity contribution in [2.24, 2.45) is 5.73 Å². The molecule has 2 aromatic heterocycles. The van der Waals surface area contributed by atoms with Gasteiger partial charge in [0.25, 0.3) is 5.56 Å². The molecule has 2 heterocycles. The van der Waals surface area contributed by atoms with E-state index in [4.69, 9.17) is 11.0 Å². The number of aromatic nitrogens is 2. The fraction of sp³-hybridized carbons (Fsp3) is 0.111. The van der Waals surface area contributed by atoms with E-state index in [1.54, 1.807) is 23.6 Å². The van der Waals surface area contributed by atoms with Gasteiger partial charge in [0.15, 0.2) is 10.9 Å². The number of carbonyl (C=O) groups is 1. The number of fused-ring (bicyclic) bond motifs is 1. The fourth-order valence-electron chi connectivity index (χ4n) is 2.42. The van der Waals surface area contributed by atoms with Gasteiger partial charge in [-0.15, -0.1) is 11.3 Å². The summed E-state index contributed by atoms with van der Waals surface area (Å²) in [6, 6.07) is 7.64. The van der Waals surface area contributed by atoms with Crippen LogP contribution in [0.25, 0.3) is 21.3 Å². The molecule has 6 nitrogen and oxygen atoms in total. The van der Waals surface area contributed by atoms with E-state index >= 15 is 0 Å². The van der Waals surface area contributed by atoms with Crippen LogP contribution in [0.3, 0.4) is 0 Å². The lowest BCUT2D eigenvalue weighted by Crippen LogP contribution is -2.12. The van der Waals surface area contributed by atoms with Crippen molar-refractivity contribution in [2.45, 2.75) is 12.1 Å². The highest BCUT2D eigenvalue weighted by Gasteiger charge is 2.16. The lowest BCUT2D eigenvalue weighted by Gasteiger charge is -2.03. The summed E-state index contributed by atoms with van der Waals surface area (Å²) in [5, 5.41) is 11.4. The first-order chi connectivity index (χ1) is 12.9. The second-order valence-corrected chi connectivity index (χ2v) is 7.41. The van der Waals surface area contributed by atoms with Crippen molar-refractivity contribution >= 4 is 39.1 Å². The second-order valence-electron chi connectivity index (χ2n) is 5.59. The molecule has 0 saturated carbocycles. The van der Waals surface area contributed by atoms with Crippen LogP contribution < -0.4 is 11.3 Å². The number of nitrogens with one attached hydrogen (secondary N) is 1. The van der Waals surface area contributed by atoms with Crippen LogP contribution in [0, 0.1) is 17.1 Å². The number of aromatic amines is 1. The molecule has 0 aliphatic heterocycles. The number of Topliss-reactive ketones (excluding diaryl/α,β-unsaturated/α-hetero) is 1. The molecule has 0 radical (unpaired) electrons. The smallest absolute Gasteiger partial charge is 0.260 e. The number of hydrogen-bond donors (Lipinski definition) is 2. The summed E-state index contributed by atoms with van der Waals surface area (Å²) in [6.45, 7) is 1.48. The van der Waals surface area contributed by atoms with Crippen LogP contribution >= 0.6 is 23.1 Å². The van der Waals surface area contributed by atoms with Gasteiger partial charge in [0.1, 0.15) is 22.3 Å². The first-order valence-corrected chi connectivity index (χ1v) is 9.57. The van der Waals surface area contributed by atoms with Gasteiger partial charge in [0.05, 0.1) is 11.1 Å². The Morgan fingerprint density at radius 2 is 2.11 bits per heavy atom. The molecule has 0 unspecified atom stereocenters. The van der Waals surface area contributed by atoms with Crippen molar-refractivity contribution < 1.29 is 9.18 Å². The van der Waals surface area contributed by atoms with Crippen LogP contribution in [0.4, 0.5) is 4.39 Å². The van der Waals surface area contributed by atoms with Crippen LogP contribution in [-0.2, 0) is 4.79 Å². The van der Waals surface area contributed by atoms with Gasteiger partial charge in [-0.3, -0.25) is 9.59 Å². The Bertz CT molecular complexity index is 1150. The Kier molecular flexibility index (Phi) is 5.39. The molecular weight excluding hydrogens is 387 g/mol. The number of hydrogen-bond acceptors (Lipinski definition) is 7. The molecule has 0 bridgehead atoms.